The highest BCUT2D eigenvalue weighted by molar-refractivity contribution is 5.93. The normalized spacial score (nSPS) is 23.1. The zero-order valence-corrected chi connectivity index (χ0v) is 13.6. The fourth-order valence-corrected chi connectivity index (χ4v) is 3.40. The van der Waals surface area contributed by atoms with Gasteiger partial charge in [-0.05, 0) is 44.2 Å². The molecule has 0 saturated carbocycles. The van der Waals surface area contributed by atoms with Crippen LogP contribution in [0.5, 0.6) is 0 Å². The minimum absolute atomic E-state index is 0.0475. The van der Waals surface area contributed by atoms with E-state index in [0.717, 1.165) is 36.3 Å². The fraction of sp³-hybridized carbons (Fsp3) is 0.588. The number of nitrogens with two attached hydrogens (primary N) is 1. The van der Waals surface area contributed by atoms with Crippen LogP contribution in [0.1, 0.15) is 30.0 Å². The number of benzene rings is 1. The molecule has 0 aliphatic carbocycles. The van der Waals surface area contributed by atoms with Crippen molar-refractivity contribution in [3.63, 3.8) is 0 Å². The number of piperidine rings is 1. The van der Waals surface area contributed by atoms with E-state index in [2.05, 4.69) is 36.2 Å². The standard InChI is InChI=1S/C17H27N3O/c1-11-5-13(3)17(14(4)6-11)19-16(21)10-20-8-12(2)7-15(18)9-20/h5-6,12,15H,7-10,18H2,1-4H3,(H,19,21). The number of aryl methyl sites for hydroxylation is 3. The van der Waals surface area contributed by atoms with Gasteiger partial charge in [0.05, 0.1) is 6.54 Å². The average molecular weight is 289 g/mol. The summed E-state index contributed by atoms with van der Waals surface area (Å²) in [4.78, 5) is 14.4. The first-order valence-corrected chi connectivity index (χ1v) is 7.70. The van der Waals surface area contributed by atoms with Crippen LogP contribution in [0.15, 0.2) is 12.1 Å². The van der Waals surface area contributed by atoms with Crippen LogP contribution in [0, 0.1) is 26.7 Å². The summed E-state index contributed by atoms with van der Waals surface area (Å²) in [6.07, 6.45) is 1.05. The van der Waals surface area contributed by atoms with Crippen molar-refractivity contribution in [1.29, 1.82) is 0 Å². The SMILES string of the molecule is Cc1cc(C)c(NC(=O)CN2CC(C)CC(N)C2)c(C)c1. The summed E-state index contributed by atoms with van der Waals surface area (Å²) < 4.78 is 0. The Kier molecular flexibility index (Phi) is 5.01. The zero-order chi connectivity index (χ0) is 15.6. The number of carbonyl (C=O) groups is 1. The Morgan fingerprint density at radius 2 is 1.90 bits per heavy atom. The van der Waals surface area contributed by atoms with Gasteiger partial charge in [0, 0.05) is 24.8 Å². The molecule has 2 rings (SSSR count). The summed E-state index contributed by atoms with van der Waals surface area (Å²) in [5, 5.41) is 3.06. The highest BCUT2D eigenvalue weighted by atomic mass is 16.2. The van der Waals surface area contributed by atoms with Gasteiger partial charge >= 0.3 is 0 Å². The maximum Gasteiger partial charge on any atom is 0.238 e. The Labute approximate surface area is 127 Å². The lowest BCUT2D eigenvalue weighted by Gasteiger charge is -2.34. The molecule has 21 heavy (non-hydrogen) atoms. The van der Waals surface area contributed by atoms with Gasteiger partial charge in [-0.15, -0.1) is 0 Å². The Hall–Kier alpha value is -1.39. The van der Waals surface area contributed by atoms with Crippen molar-refractivity contribution in [3.8, 4) is 0 Å². The first-order chi connectivity index (χ1) is 9.85. The second kappa shape index (κ2) is 6.58. The van der Waals surface area contributed by atoms with E-state index in [0.29, 0.717) is 12.5 Å². The fourth-order valence-electron chi connectivity index (χ4n) is 3.40. The summed E-state index contributed by atoms with van der Waals surface area (Å²) in [6.45, 7) is 10.5. The molecule has 1 amide bonds. The maximum atomic E-state index is 12.3. The smallest absolute Gasteiger partial charge is 0.238 e. The number of carbonyl (C=O) groups excluding carboxylic acids is 1. The third kappa shape index (κ3) is 4.29. The van der Waals surface area contributed by atoms with E-state index >= 15 is 0 Å². The van der Waals surface area contributed by atoms with Crippen molar-refractivity contribution in [2.45, 2.75) is 40.2 Å². The molecule has 116 valence electrons. The van der Waals surface area contributed by atoms with Crippen LogP contribution in [0.25, 0.3) is 0 Å². The molecule has 0 bridgehead atoms. The monoisotopic (exact) mass is 289 g/mol. The van der Waals surface area contributed by atoms with Crippen LogP contribution >= 0.6 is 0 Å². The van der Waals surface area contributed by atoms with Crippen LogP contribution in [0.4, 0.5) is 5.69 Å². The van der Waals surface area contributed by atoms with Gasteiger partial charge in [-0.2, -0.15) is 0 Å². The van der Waals surface area contributed by atoms with Crippen molar-refractivity contribution < 1.29 is 4.79 Å². The summed E-state index contributed by atoms with van der Waals surface area (Å²) in [7, 11) is 0. The van der Waals surface area contributed by atoms with Crippen molar-refractivity contribution in [2.24, 2.45) is 11.7 Å². The third-order valence-corrected chi connectivity index (χ3v) is 4.08. The Bertz CT molecular complexity index is 494. The third-order valence-electron chi connectivity index (χ3n) is 4.08. The number of hydrogen-bond donors (Lipinski definition) is 2. The lowest BCUT2D eigenvalue weighted by Crippen LogP contribution is -2.48. The first-order valence-electron chi connectivity index (χ1n) is 7.70. The van der Waals surface area contributed by atoms with Gasteiger partial charge in [-0.1, -0.05) is 24.6 Å². The molecule has 1 aliphatic rings. The second-order valence-electron chi connectivity index (χ2n) is 6.62. The van der Waals surface area contributed by atoms with Gasteiger partial charge in [0.25, 0.3) is 0 Å². The molecule has 0 aromatic heterocycles. The Balaban J connectivity index is 1.99. The minimum atomic E-state index is 0.0475. The Morgan fingerprint density at radius 1 is 1.29 bits per heavy atom. The lowest BCUT2D eigenvalue weighted by molar-refractivity contribution is -0.117. The predicted molar refractivity (Wildman–Crippen MR) is 87.5 cm³/mol. The molecule has 4 nitrogen and oxygen atoms in total. The number of hydrogen-bond acceptors (Lipinski definition) is 3. The molecule has 1 aromatic carbocycles. The molecule has 0 spiro atoms. The number of amides is 1. The zero-order valence-electron chi connectivity index (χ0n) is 13.6. The Morgan fingerprint density at radius 3 is 2.48 bits per heavy atom. The number of nitrogens with zero attached hydrogens (tertiary/aromatic N) is 1. The van der Waals surface area contributed by atoms with E-state index in [-0.39, 0.29) is 11.9 Å². The maximum absolute atomic E-state index is 12.3. The minimum Gasteiger partial charge on any atom is -0.327 e. The topological polar surface area (TPSA) is 58.4 Å². The predicted octanol–water partition coefficient (Wildman–Crippen LogP) is 2.22. The summed E-state index contributed by atoms with van der Waals surface area (Å²) in [5.41, 5.74) is 10.4. The largest absolute Gasteiger partial charge is 0.327 e. The van der Waals surface area contributed by atoms with E-state index in [1.807, 2.05) is 13.8 Å². The molecular weight excluding hydrogens is 262 g/mol. The molecule has 1 saturated heterocycles. The first kappa shape index (κ1) is 16.0. The molecule has 3 N–H and O–H groups in total. The second-order valence-corrected chi connectivity index (χ2v) is 6.62. The molecular formula is C17H27N3O. The van der Waals surface area contributed by atoms with Crippen LogP contribution in [-0.4, -0.2) is 36.5 Å². The van der Waals surface area contributed by atoms with Gasteiger partial charge < -0.3 is 11.1 Å². The summed E-state index contributed by atoms with van der Waals surface area (Å²) >= 11 is 0. The highest BCUT2D eigenvalue weighted by Crippen LogP contribution is 2.22. The number of likely N-dealkylation sites (tertiary alicyclic amines) is 1. The van der Waals surface area contributed by atoms with Crippen molar-refractivity contribution >= 4 is 11.6 Å². The summed E-state index contributed by atoms with van der Waals surface area (Å²) in [5.74, 6) is 0.607. The highest BCUT2D eigenvalue weighted by Gasteiger charge is 2.23. The van der Waals surface area contributed by atoms with Gasteiger partial charge in [0.1, 0.15) is 0 Å². The molecule has 2 atom stereocenters. The molecule has 1 heterocycles. The molecule has 1 aliphatic heterocycles. The van der Waals surface area contributed by atoms with Crippen molar-refractivity contribution in [2.75, 3.05) is 25.0 Å². The van der Waals surface area contributed by atoms with E-state index in [1.54, 1.807) is 0 Å². The van der Waals surface area contributed by atoms with Crippen LogP contribution < -0.4 is 11.1 Å². The van der Waals surface area contributed by atoms with Gasteiger partial charge in [0.2, 0.25) is 5.91 Å². The molecule has 1 aromatic rings. The lowest BCUT2D eigenvalue weighted by atomic mass is 9.96. The molecule has 0 radical (unpaired) electrons. The van der Waals surface area contributed by atoms with E-state index in [4.69, 9.17) is 5.73 Å². The van der Waals surface area contributed by atoms with Gasteiger partial charge in [-0.3, -0.25) is 9.69 Å². The van der Waals surface area contributed by atoms with E-state index in [9.17, 15) is 4.79 Å². The van der Waals surface area contributed by atoms with Gasteiger partial charge in [-0.25, -0.2) is 0 Å². The van der Waals surface area contributed by atoms with E-state index in [1.165, 1.54) is 5.56 Å². The molecule has 4 heteroatoms. The number of nitrogens with one attached hydrogen (secondary N) is 1. The quantitative estimate of drug-likeness (QED) is 0.897. The average Bonchev–Trinajstić information content (AvgIpc) is 2.32. The molecule has 1 fully saturated rings. The van der Waals surface area contributed by atoms with Crippen LogP contribution in [-0.2, 0) is 4.79 Å². The summed E-state index contributed by atoms with van der Waals surface area (Å²) in [6, 6.07) is 4.38. The number of rotatable bonds is 3. The molecule has 2 unspecified atom stereocenters. The van der Waals surface area contributed by atoms with E-state index < -0.39 is 0 Å². The van der Waals surface area contributed by atoms with Crippen LogP contribution in [0.2, 0.25) is 0 Å². The van der Waals surface area contributed by atoms with Crippen LogP contribution in [0.3, 0.4) is 0 Å². The van der Waals surface area contributed by atoms with Crippen molar-refractivity contribution in [3.05, 3.63) is 28.8 Å². The van der Waals surface area contributed by atoms with Gasteiger partial charge in [0.15, 0.2) is 0 Å². The number of anilines is 1. The van der Waals surface area contributed by atoms with Crippen molar-refractivity contribution in [1.82, 2.24) is 4.90 Å².